The van der Waals surface area contributed by atoms with Crippen molar-refractivity contribution in [2.45, 2.75) is 0 Å². The third-order valence-electron chi connectivity index (χ3n) is 4.05. The van der Waals surface area contributed by atoms with Gasteiger partial charge in [-0.25, -0.2) is 4.98 Å². The second kappa shape index (κ2) is 7.99. The first-order chi connectivity index (χ1) is 13.8. The van der Waals surface area contributed by atoms with Gasteiger partial charge in [-0.05, 0) is 74.3 Å². The molecule has 0 spiro atoms. The predicted octanol–water partition coefficient (Wildman–Crippen LogP) is 7.49. The van der Waals surface area contributed by atoms with Crippen molar-refractivity contribution in [3.05, 3.63) is 67.0 Å². The average Bonchev–Trinajstić information content (AvgIpc) is 3.10. The fourth-order valence-electron chi connectivity index (χ4n) is 2.64. The molecule has 3 aromatic carbocycles. The molecule has 0 bridgehead atoms. The highest BCUT2D eigenvalue weighted by Gasteiger charge is 2.13. The summed E-state index contributed by atoms with van der Waals surface area (Å²) >= 11 is 18.5. The van der Waals surface area contributed by atoms with Crippen LogP contribution in [0, 0.1) is 0 Å². The van der Waals surface area contributed by atoms with Gasteiger partial charge in [0.1, 0.15) is 17.0 Å². The minimum atomic E-state index is -0.0897. The number of hydrogen-bond acceptors (Lipinski definition) is 5. The van der Waals surface area contributed by atoms with Crippen molar-refractivity contribution >= 4 is 78.1 Å². The van der Waals surface area contributed by atoms with Gasteiger partial charge in [-0.15, -0.1) is 0 Å². The molecular formula is C20H10Br2Cl2N2O3. The second-order valence-corrected chi connectivity index (χ2v) is 8.60. The van der Waals surface area contributed by atoms with Crippen molar-refractivity contribution in [2.75, 3.05) is 0 Å². The summed E-state index contributed by atoms with van der Waals surface area (Å²) in [5, 5.41) is 20.5. The molecule has 9 heteroatoms. The first-order valence-corrected chi connectivity index (χ1v) is 10.5. The van der Waals surface area contributed by atoms with Crippen molar-refractivity contribution in [3.63, 3.8) is 0 Å². The number of aliphatic imine (C=N–C) groups is 1. The summed E-state index contributed by atoms with van der Waals surface area (Å²) in [6.07, 6.45) is 1.48. The van der Waals surface area contributed by atoms with Gasteiger partial charge in [0.05, 0.1) is 19.7 Å². The van der Waals surface area contributed by atoms with Crippen LogP contribution in [-0.4, -0.2) is 21.4 Å². The summed E-state index contributed by atoms with van der Waals surface area (Å²) in [5.74, 6) is 0.417. The molecule has 146 valence electrons. The van der Waals surface area contributed by atoms with E-state index in [2.05, 4.69) is 41.8 Å². The fraction of sp³-hybridized carbons (Fsp3) is 0. The largest absolute Gasteiger partial charge is 0.506 e. The molecule has 0 saturated heterocycles. The highest BCUT2D eigenvalue weighted by Crippen LogP contribution is 2.37. The van der Waals surface area contributed by atoms with Crippen LogP contribution in [0.1, 0.15) is 5.56 Å². The Morgan fingerprint density at radius 2 is 1.69 bits per heavy atom. The van der Waals surface area contributed by atoms with Crippen LogP contribution in [0.2, 0.25) is 10.0 Å². The van der Waals surface area contributed by atoms with Gasteiger partial charge in [-0.1, -0.05) is 23.2 Å². The summed E-state index contributed by atoms with van der Waals surface area (Å²) in [4.78, 5) is 8.86. The van der Waals surface area contributed by atoms with E-state index in [4.69, 9.17) is 27.6 Å². The summed E-state index contributed by atoms with van der Waals surface area (Å²) in [5.41, 5.74) is 2.92. The Morgan fingerprint density at radius 3 is 2.41 bits per heavy atom. The topological polar surface area (TPSA) is 78.9 Å². The molecule has 0 aliphatic carbocycles. The van der Waals surface area contributed by atoms with E-state index >= 15 is 0 Å². The van der Waals surface area contributed by atoms with Crippen molar-refractivity contribution in [2.24, 2.45) is 4.99 Å². The van der Waals surface area contributed by atoms with E-state index < -0.39 is 0 Å². The van der Waals surface area contributed by atoms with Gasteiger partial charge in [-0.2, -0.15) is 0 Å². The van der Waals surface area contributed by atoms with Gasteiger partial charge in [0.25, 0.3) is 0 Å². The summed E-state index contributed by atoms with van der Waals surface area (Å²) in [6, 6.07) is 11.7. The first-order valence-electron chi connectivity index (χ1n) is 8.13. The zero-order valence-electron chi connectivity index (χ0n) is 14.3. The maximum Gasteiger partial charge on any atom is 0.227 e. The van der Waals surface area contributed by atoms with E-state index in [1.165, 1.54) is 12.3 Å². The molecule has 0 saturated carbocycles. The predicted molar refractivity (Wildman–Crippen MR) is 122 cm³/mol. The molecule has 0 unspecified atom stereocenters. The van der Waals surface area contributed by atoms with Crippen LogP contribution in [0.15, 0.2) is 60.8 Å². The van der Waals surface area contributed by atoms with Crippen molar-refractivity contribution in [1.29, 1.82) is 0 Å². The monoisotopic (exact) mass is 554 g/mol. The molecule has 29 heavy (non-hydrogen) atoms. The molecule has 4 rings (SSSR count). The molecular weight excluding hydrogens is 547 g/mol. The standard InChI is InChI=1S/C20H10Br2Cl2N2O3/c21-13-4-9(5-14(22)19(13)28)20-26-16-7-12(1-2-17(16)29-20)25-8-10-3-11(23)6-15(24)18(10)27/h1-8,27-28H. The smallest absolute Gasteiger partial charge is 0.227 e. The molecule has 1 heterocycles. The van der Waals surface area contributed by atoms with Crippen LogP contribution < -0.4 is 0 Å². The van der Waals surface area contributed by atoms with Gasteiger partial charge in [0.15, 0.2) is 5.58 Å². The van der Waals surface area contributed by atoms with Crippen LogP contribution in [0.4, 0.5) is 5.69 Å². The Bertz CT molecular complexity index is 1270. The highest BCUT2D eigenvalue weighted by atomic mass is 79.9. The number of aromatic hydroxyl groups is 2. The van der Waals surface area contributed by atoms with E-state index in [0.717, 1.165) is 0 Å². The van der Waals surface area contributed by atoms with E-state index in [1.54, 1.807) is 36.4 Å². The van der Waals surface area contributed by atoms with Crippen molar-refractivity contribution < 1.29 is 14.6 Å². The zero-order valence-corrected chi connectivity index (χ0v) is 19.0. The summed E-state index contributed by atoms with van der Waals surface area (Å²) in [6.45, 7) is 0. The number of hydrogen-bond donors (Lipinski definition) is 2. The Labute approximate surface area is 191 Å². The van der Waals surface area contributed by atoms with Crippen LogP contribution in [0.25, 0.3) is 22.6 Å². The molecule has 2 N–H and O–H groups in total. The summed E-state index contributed by atoms with van der Waals surface area (Å²) in [7, 11) is 0. The molecule has 1 aromatic heterocycles. The molecule has 5 nitrogen and oxygen atoms in total. The number of aromatic nitrogens is 1. The van der Waals surface area contributed by atoms with Gasteiger partial charge >= 0.3 is 0 Å². The van der Waals surface area contributed by atoms with Crippen molar-refractivity contribution in [1.82, 2.24) is 4.98 Å². The number of phenols is 2. The van der Waals surface area contributed by atoms with Gasteiger partial charge in [0, 0.05) is 22.4 Å². The molecule has 0 amide bonds. The quantitative estimate of drug-likeness (QED) is 0.256. The molecule has 0 radical (unpaired) electrons. The lowest BCUT2D eigenvalue weighted by Gasteiger charge is -2.02. The highest BCUT2D eigenvalue weighted by molar-refractivity contribution is 9.11. The van der Waals surface area contributed by atoms with Gasteiger partial charge in [-0.3, -0.25) is 4.99 Å². The number of rotatable bonds is 3. The first kappa shape index (κ1) is 20.2. The Hall–Kier alpha value is -2.06. The fourth-order valence-corrected chi connectivity index (χ4v) is 4.33. The molecule has 0 aliphatic heterocycles. The number of halogens is 4. The molecule has 4 aromatic rings. The third-order valence-corrected chi connectivity index (χ3v) is 5.76. The Morgan fingerprint density at radius 1 is 0.966 bits per heavy atom. The maximum absolute atomic E-state index is 10.0. The van der Waals surface area contributed by atoms with Crippen LogP contribution in [-0.2, 0) is 0 Å². The lowest BCUT2D eigenvalue weighted by Crippen LogP contribution is -1.84. The number of oxazole rings is 1. The zero-order chi connectivity index (χ0) is 20.7. The van der Waals surface area contributed by atoms with E-state index in [9.17, 15) is 10.2 Å². The number of benzene rings is 3. The molecule has 0 atom stereocenters. The van der Waals surface area contributed by atoms with E-state index in [1.807, 2.05) is 0 Å². The number of nitrogens with zero attached hydrogens (tertiary/aromatic N) is 2. The third kappa shape index (κ3) is 4.14. The lowest BCUT2D eigenvalue weighted by molar-refractivity contribution is 0.468. The average molecular weight is 557 g/mol. The normalized spacial score (nSPS) is 11.6. The van der Waals surface area contributed by atoms with Crippen LogP contribution in [0.5, 0.6) is 11.5 Å². The van der Waals surface area contributed by atoms with Crippen LogP contribution in [0.3, 0.4) is 0 Å². The molecule has 0 fully saturated rings. The number of phenolic OH excluding ortho intramolecular Hbond substituents is 2. The van der Waals surface area contributed by atoms with E-state index in [0.29, 0.717) is 47.8 Å². The Kier molecular flexibility index (Phi) is 5.57. The van der Waals surface area contributed by atoms with Gasteiger partial charge in [0.2, 0.25) is 5.89 Å². The van der Waals surface area contributed by atoms with Crippen LogP contribution >= 0.6 is 55.1 Å². The van der Waals surface area contributed by atoms with E-state index in [-0.39, 0.29) is 16.5 Å². The summed E-state index contributed by atoms with van der Waals surface area (Å²) < 4.78 is 6.86. The number of fused-ring (bicyclic) bond motifs is 1. The minimum Gasteiger partial charge on any atom is -0.506 e. The lowest BCUT2D eigenvalue weighted by atomic mass is 10.2. The second-order valence-electron chi connectivity index (χ2n) is 6.04. The SMILES string of the molecule is Oc1c(Br)cc(-c2nc3cc(N=Cc4cc(Cl)cc(Cl)c4O)ccc3o2)cc1Br. The van der Waals surface area contributed by atoms with Crippen molar-refractivity contribution in [3.8, 4) is 23.0 Å². The molecule has 0 aliphatic rings. The van der Waals surface area contributed by atoms with Gasteiger partial charge < -0.3 is 14.6 Å². The Balaban J connectivity index is 1.69. The minimum absolute atomic E-state index is 0.0897. The maximum atomic E-state index is 10.0.